The number of nitrogens with one attached hydrogen (secondary N) is 1. The maximum Gasteiger partial charge on any atom is 0.350 e. The molecule has 0 spiro atoms. The number of ether oxygens (including phenoxy) is 5. The van der Waals surface area contributed by atoms with Gasteiger partial charge in [-0.3, -0.25) is 4.79 Å². The van der Waals surface area contributed by atoms with Crippen molar-refractivity contribution in [3.8, 4) is 33.4 Å². The van der Waals surface area contributed by atoms with Crippen LogP contribution in [0.3, 0.4) is 0 Å². The minimum Gasteiger partial charge on any atom is -0.493 e. The summed E-state index contributed by atoms with van der Waals surface area (Å²) in [6.07, 6.45) is 0. The van der Waals surface area contributed by atoms with E-state index in [1.807, 2.05) is 6.07 Å². The number of esters is 1. The van der Waals surface area contributed by atoms with Crippen LogP contribution in [-0.4, -0.2) is 46.4 Å². The highest BCUT2D eigenvalue weighted by Gasteiger charge is 2.21. The van der Waals surface area contributed by atoms with Crippen LogP contribution in [0.25, 0.3) is 10.4 Å². The maximum absolute atomic E-state index is 12.6. The second kappa shape index (κ2) is 11.2. The molecule has 8 nitrogen and oxygen atoms in total. The zero-order valence-electron chi connectivity index (χ0n) is 18.8. The van der Waals surface area contributed by atoms with Gasteiger partial charge in [-0.2, -0.15) is 0 Å². The lowest BCUT2D eigenvalue weighted by Gasteiger charge is -2.10. The van der Waals surface area contributed by atoms with Gasteiger partial charge in [0.2, 0.25) is 0 Å². The lowest BCUT2D eigenvalue weighted by atomic mass is 10.1. The van der Waals surface area contributed by atoms with E-state index >= 15 is 0 Å². The van der Waals surface area contributed by atoms with E-state index in [1.165, 1.54) is 18.4 Å². The Balaban J connectivity index is 1.83. The van der Waals surface area contributed by atoms with Gasteiger partial charge in [-0.25, -0.2) is 4.79 Å². The van der Waals surface area contributed by atoms with Gasteiger partial charge in [0.15, 0.2) is 29.6 Å². The van der Waals surface area contributed by atoms with E-state index in [4.69, 9.17) is 23.7 Å². The molecule has 1 aromatic heterocycles. The first-order valence-electron chi connectivity index (χ1n) is 10.1. The largest absolute Gasteiger partial charge is 0.493 e. The molecule has 1 N–H and O–H groups in total. The van der Waals surface area contributed by atoms with Crippen molar-refractivity contribution in [1.82, 2.24) is 0 Å². The Hall–Kier alpha value is -3.72. The van der Waals surface area contributed by atoms with E-state index in [9.17, 15) is 9.59 Å². The SMILES string of the molecule is CCOC(=O)c1sc(-c2ccc(OC)c(OC)c2)cc1NC(=O)COc1ccccc1OC. The summed E-state index contributed by atoms with van der Waals surface area (Å²) in [7, 11) is 4.63. The normalized spacial score (nSPS) is 10.3. The number of hydrogen-bond acceptors (Lipinski definition) is 8. The predicted octanol–water partition coefficient (Wildman–Crippen LogP) is 4.64. The Morgan fingerprint density at radius 1 is 0.879 bits per heavy atom. The molecule has 1 amide bonds. The van der Waals surface area contributed by atoms with Gasteiger partial charge in [0.1, 0.15) is 4.88 Å². The number of carbonyl (C=O) groups excluding carboxylic acids is 2. The summed E-state index contributed by atoms with van der Waals surface area (Å²) in [5, 5.41) is 2.75. The van der Waals surface area contributed by atoms with Crippen LogP contribution in [0.1, 0.15) is 16.6 Å². The van der Waals surface area contributed by atoms with Crippen LogP contribution in [0, 0.1) is 0 Å². The molecule has 1 heterocycles. The van der Waals surface area contributed by atoms with Crippen molar-refractivity contribution in [2.45, 2.75) is 6.92 Å². The van der Waals surface area contributed by atoms with Gasteiger partial charge < -0.3 is 29.0 Å². The quantitative estimate of drug-likeness (QED) is 0.431. The van der Waals surface area contributed by atoms with E-state index < -0.39 is 11.9 Å². The van der Waals surface area contributed by atoms with Crippen LogP contribution >= 0.6 is 11.3 Å². The number of thiophene rings is 1. The summed E-state index contributed by atoms with van der Waals surface area (Å²) in [6, 6.07) is 14.2. The number of hydrogen-bond donors (Lipinski definition) is 1. The predicted molar refractivity (Wildman–Crippen MR) is 126 cm³/mol. The summed E-state index contributed by atoms with van der Waals surface area (Å²) in [6.45, 7) is 1.68. The third-order valence-corrected chi connectivity index (χ3v) is 5.73. The van der Waals surface area contributed by atoms with Crippen molar-refractivity contribution in [2.75, 3.05) is 39.9 Å². The molecule has 33 heavy (non-hydrogen) atoms. The third kappa shape index (κ3) is 5.75. The molecule has 0 saturated carbocycles. The van der Waals surface area contributed by atoms with Crippen molar-refractivity contribution >= 4 is 28.9 Å². The Bertz CT molecular complexity index is 1130. The summed E-state index contributed by atoms with van der Waals surface area (Å²) in [5.41, 5.74) is 1.14. The molecule has 2 aromatic carbocycles. The third-order valence-electron chi connectivity index (χ3n) is 4.56. The fourth-order valence-electron chi connectivity index (χ4n) is 3.03. The standard InChI is InChI=1S/C24H25NO7S/c1-5-31-24(27)23-16(25-22(26)14-32-19-9-7-6-8-17(19)28-2)13-21(33-23)15-10-11-18(29-3)20(12-15)30-4/h6-13H,5,14H2,1-4H3,(H,25,26). The number of benzene rings is 2. The van der Waals surface area contributed by atoms with Crippen LogP contribution in [0.4, 0.5) is 5.69 Å². The van der Waals surface area contributed by atoms with Gasteiger partial charge in [0.25, 0.3) is 5.91 Å². The molecule has 0 aliphatic heterocycles. The summed E-state index contributed by atoms with van der Waals surface area (Å²) in [5.74, 6) is 1.15. The molecular weight excluding hydrogens is 446 g/mol. The van der Waals surface area contributed by atoms with E-state index in [-0.39, 0.29) is 18.1 Å². The molecule has 0 bridgehead atoms. The van der Waals surface area contributed by atoms with Crippen molar-refractivity contribution in [3.05, 3.63) is 53.4 Å². The van der Waals surface area contributed by atoms with Crippen LogP contribution < -0.4 is 24.3 Å². The molecule has 3 aromatic rings. The average Bonchev–Trinajstić information content (AvgIpc) is 3.26. The Morgan fingerprint density at radius 2 is 1.55 bits per heavy atom. The highest BCUT2D eigenvalue weighted by molar-refractivity contribution is 7.18. The molecule has 174 valence electrons. The fourth-order valence-corrected chi connectivity index (χ4v) is 4.04. The molecule has 0 radical (unpaired) electrons. The first-order chi connectivity index (χ1) is 16.0. The van der Waals surface area contributed by atoms with Crippen molar-refractivity contribution in [3.63, 3.8) is 0 Å². The Morgan fingerprint density at radius 3 is 2.21 bits per heavy atom. The van der Waals surface area contributed by atoms with E-state index in [1.54, 1.807) is 63.6 Å². The monoisotopic (exact) mass is 471 g/mol. The van der Waals surface area contributed by atoms with Crippen LogP contribution in [0.5, 0.6) is 23.0 Å². The Kier molecular flexibility index (Phi) is 8.15. The number of anilines is 1. The minimum absolute atomic E-state index is 0.215. The molecule has 0 aliphatic carbocycles. The van der Waals surface area contributed by atoms with Crippen LogP contribution in [0.2, 0.25) is 0 Å². The van der Waals surface area contributed by atoms with E-state index in [0.717, 1.165) is 10.4 Å². The van der Waals surface area contributed by atoms with Gasteiger partial charge >= 0.3 is 5.97 Å². The topological polar surface area (TPSA) is 92.3 Å². The molecule has 0 saturated heterocycles. The van der Waals surface area contributed by atoms with Gasteiger partial charge in [-0.1, -0.05) is 12.1 Å². The number of rotatable bonds is 10. The van der Waals surface area contributed by atoms with E-state index in [0.29, 0.717) is 28.7 Å². The molecule has 9 heteroatoms. The number of para-hydroxylation sites is 2. The van der Waals surface area contributed by atoms with Crippen molar-refractivity contribution < 1.29 is 33.3 Å². The van der Waals surface area contributed by atoms with Gasteiger partial charge in [-0.15, -0.1) is 11.3 Å². The number of amides is 1. The van der Waals surface area contributed by atoms with Crippen LogP contribution in [0.15, 0.2) is 48.5 Å². The average molecular weight is 472 g/mol. The van der Waals surface area contributed by atoms with Gasteiger partial charge in [0, 0.05) is 4.88 Å². The lowest BCUT2D eigenvalue weighted by Crippen LogP contribution is -2.21. The minimum atomic E-state index is -0.518. The zero-order chi connectivity index (χ0) is 23.8. The van der Waals surface area contributed by atoms with Crippen molar-refractivity contribution in [1.29, 1.82) is 0 Å². The molecule has 0 atom stereocenters. The lowest BCUT2D eigenvalue weighted by molar-refractivity contribution is -0.118. The maximum atomic E-state index is 12.6. The number of carbonyl (C=O) groups is 2. The zero-order valence-corrected chi connectivity index (χ0v) is 19.6. The first-order valence-corrected chi connectivity index (χ1v) is 10.9. The number of methoxy groups -OCH3 is 3. The molecular formula is C24H25NO7S. The smallest absolute Gasteiger partial charge is 0.350 e. The van der Waals surface area contributed by atoms with Crippen LogP contribution in [-0.2, 0) is 9.53 Å². The highest BCUT2D eigenvalue weighted by Crippen LogP contribution is 2.39. The summed E-state index contributed by atoms with van der Waals surface area (Å²) >= 11 is 1.21. The second-order valence-corrected chi connectivity index (χ2v) is 7.68. The summed E-state index contributed by atoms with van der Waals surface area (Å²) < 4.78 is 26.6. The first kappa shape index (κ1) is 23.9. The fraction of sp³-hybridized carbons (Fsp3) is 0.250. The molecule has 0 fully saturated rings. The van der Waals surface area contributed by atoms with Gasteiger partial charge in [0.05, 0.1) is 33.6 Å². The molecule has 0 aliphatic rings. The summed E-state index contributed by atoms with van der Waals surface area (Å²) in [4.78, 5) is 26.1. The van der Waals surface area contributed by atoms with Crippen molar-refractivity contribution in [2.24, 2.45) is 0 Å². The second-order valence-electron chi connectivity index (χ2n) is 6.63. The highest BCUT2D eigenvalue weighted by atomic mass is 32.1. The Labute approximate surface area is 196 Å². The van der Waals surface area contributed by atoms with E-state index in [2.05, 4.69) is 5.32 Å². The van der Waals surface area contributed by atoms with Gasteiger partial charge in [-0.05, 0) is 48.9 Å². The molecule has 0 unspecified atom stereocenters. The molecule has 3 rings (SSSR count).